The number of nitriles is 1. The summed E-state index contributed by atoms with van der Waals surface area (Å²) < 4.78 is 44.3. The van der Waals surface area contributed by atoms with E-state index in [1.165, 1.54) is 23.8 Å². The number of hydrogen-bond acceptors (Lipinski definition) is 14. The van der Waals surface area contributed by atoms with Crippen molar-refractivity contribution in [1.82, 2.24) is 19.7 Å². The largest absolute Gasteiger partial charge is 0.464 e. The van der Waals surface area contributed by atoms with E-state index in [0.29, 0.717) is 31.8 Å². The number of morpholine rings is 1. The zero-order chi connectivity index (χ0) is 34.3. The van der Waals surface area contributed by atoms with Gasteiger partial charge in [-0.05, 0) is 49.2 Å². The summed E-state index contributed by atoms with van der Waals surface area (Å²) in [5.74, 6) is -0.211. The summed E-state index contributed by atoms with van der Waals surface area (Å²) in [5.41, 5.74) is 3.07. The number of carbonyl (C=O) groups is 1. The SMILES string of the molecule is CCC(CC)COC(=O)[C@H](C)NP(=O)(Oc1ccc(N2CCOCC2)cc1)OC1[C@H]2O[C@@](C#N)(c3ccc4c(N)ncnn34)[C@H](O)[C@@]12O. The van der Waals surface area contributed by atoms with Crippen molar-refractivity contribution < 1.29 is 42.8 Å². The Morgan fingerprint density at radius 1 is 1.23 bits per heavy atom. The van der Waals surface area contributed by atoms with Crippen LogP contribution in [0.3, 0.4) is 0 Å². The van der Waals surface area contributed by atoms with Crippen molar-refractivity contribution in [3.8, 4) is 11.8 Å². The molecule has 0 spiro atoms. The molecule has 2 saturated heterocycles. The molecule has 0 radical (unpaired) electrons. The maximum Gasteiger partial charge on any atom is 0.459 e. The van der Waals surface area contributed by atoms with Crippen LogP contribution in [0.25, 0.3) is 5.52 Å². The summed E-state index contributed by atoms with van der Waals surface area (Å²) >= 11 is 0. The second-order valence-electron chi connectivity index (χ2n) is 12.2. The first-order valence-electron chi connectivity index (χ1n) is 15.9. The molecular formula is C31H40N7O9P. The summed E-state index contributed by atoms with van der Waals surface area (Å²) in [6.07, 6.45) is -1.74. The minimum atomic E-state index is -4.49. The monoisotopic (exact) mass is 685 g/mol. The summed E-state index contributed by atoms with van der Waals surface area (Å²) in [6, 6.07) is 10.7. The van der Waals surface area contributed by atoms with Gasteiger partial charge in [-0.1, -0.05) is 26.7 Å². The number of aliphatic hydroxyl groups is 2. The molecular weight excluding hydrogens is 645 g/mol. The Bertz CT molecular complexity index is 1730. The Morgan fingerprint density at radius 2 is 1.94 bits per heavy atom. The van der Waals surface area contributed by atoms with E-state index in [1.807, 2.05) is 19.9 Å². The van der Waals surface area contributed by atoms with Crippen molar-refractivity contribution in [1.29, 1.82) is 5.26 Å². The van der Waals surface area contributed by atoms with Gasteiger partial charge in [0.2, 0.25) is 5.60 Å². The molecule has 2 aliphatic heterocycles. The Kier molecular flexibility index (Phi) is 9.40. The molecule has 16 nitrogen and oxygen atoms in total. The number of fused-ring (bicyclic) bond motifs is 2. The smallest absolute Gasteiger partial charge is 0.459 e. The van der Waals surface area contributed by atoms with Crippen LogP contribution in [-0.4, -0.2) is 93.6 Å². The van der Waals surface area contributed by atoms with E-state index in [4.69, 9.17) is 29.0 Å². The highest BCUT2D eigenvalue weighted by atomic mass is 31.2. The van der Waals surface area contributed by atoms with Crippen LogP contribution in [0.1, 0.15) is 39.3 Å². The predicted octanol–water partition coefficient (Wildman–Crippen LogP) is 1.90. The molecule has 0 amide bonds. The maximum atomic E-state index is 14.4. The van der Waals surface area contributed by atoms with Crippen molar-refractivity contribution in [3.63, 3.8) is 0 Å². The fourth-order valence-electron chi connectivity index (χ4n) is 6.15. The average molecular weight is 686 g/mol. The van der Waals surface area contributed by atoms with E-state index in [2.05, 4.69) is 20.1 Å². The maximum absolute atomic E-state index is 14.4. The fourth-order valence-corrected chi connectivity index (χ4v) is 7.87. The number of nitrogens with two attached hydrogens (primary N) is 1. The van der Waals surface area contributed by atoms with Gasteiger partial charge in [-0.2, -0.15) is 15.4 Å². The number of hydrogen-bond donors (Lipinski definition) is 4. The van der Waals surface area contributed by atoms with E-state index in [1.54, 1.807) is 30.3 Å². The molecule has 17 heteroatoms. The normalized spacial score (nSPS) is 28.4. The zero-order valence-corrected chi connectivity index (χ0v) is 27.8. The first-order valence-corrected chi connectivity index (χ1v) is 17.5. The number of aliphatic hydroxyl groups excluding tert-OH is 1. The molecule has 5 N–H and O–H groups in total. The highest BCUT2D eigenvalue weighted by Gasteiger charge is 2.83. The van der Waals surface area contributed by atoms with Crippen molar-refractivity contribution in [2.75, 3.05) is 43.5 Å². The van der Waals surface area contributed by atoms with Gasteiger partial charge in [0.1, 0.15) is 48.0 Å². The lowest BCUT2D eigenvalue weighted by Crippen LogP contribution is -2.47. The summed E-state index contributed by atoms with van der Waals surface area (Å²) in [6.45, 7) is 8.29. The van der Waals surface area contributed by atoms with Gasteiger partial charge in [0.25, 0.3) is 0 Å². The molecule has 4 heterocycles. The summed E-state index contributed by atoms with van der Waals surface area (Å²) in [7, 11) is -4.49. The van der Waals surface area contributed by atoms with E-state index in [9.17, 15) is 24.8 Å². The predicted molar refractivity (Wildman–Crippen MR) is 171 cm³/mol. The first-order chi connectivity index (χ1) is 23.0. The van der Waals surface area contributed by atoms with Crippen molar-refractivity contribution >= 4 is 30.7 Å². The molecule has 6 rings (SSSR count). The highest BCUT2D eigenvalue weighted by Crippen LogP contribution is 2.63. The molecule has 258 valence electrons. The number of aromatic nitrogens is 3. The van der Waals surface area contributed by atoms with Crippen molar-refractivity contribution in [3.05, 3.63) is 48.4 Å². The molecule has 3 fully saturated rings. The third-order valence-corrected chi connectivity index (χ3v) is 10.9. The third kappa shape index (κ3) is 6.00. The number of anilines is 2. The number of ether oxygens (including phenoxy) is 3. The van der Waals surface area contributed by atoms with Gasteiger partial charge in [0, 0.05) is 18.8 Å². The van der Waals surface area contributed by atoms with E-state index >= 15 is 0 Å². The van der Waals surface area contributed by atoms with Crippen LogP contribution in [0.2, 0.25) is 0 Å². The molecule has 1 saturated carbocycles. The average Bonchev–Trinajstić information content (AvgIpc) is 3.34. The van der Waals surface area contributed by atoms with Crippen LogP contribution in [0.15, 0.2) is 42.7 Å². The van der Waals surface area contributed by atoms with Crippen molar-refractivity contribution in [2.45, 2.75) is 69.2 Å². The van der Waals surface area contributed by atoms with Crippen LogP contribution in [-0.2, 0) is 33.7 Å². The number of rotatable bonds is 13. The lowest BCUT2D eigenvalue weighted by atomic mass is 9.90. The molecule has 48 heavy (non-hydrogen) atoms. The quantitative estimate of drug-likeness (QED) is 0.149. The first kappa shape index (κ1) is 34.1. The summed E-state index contributed by atoms with van der Waals surface area (Å²) in [4.78, 5) is 19.0. The van der Waals surface area contributed by atoms with Crippen LogP contribution in [0.4, 0.5) is 11.5 Å². The number of nitrogens with one attached hydrogen (secondary N) is 1. The molecule has 7 atom stereocenters. The van der Waals surface area contributed by atoms with Gasteiger partial charge in [0.05, 0.1) is 25.5 Å². The second kappa shape index (κ2) is 13.2. The van der Waals surface area contributed by atoms with Crippen LogP contribution in [0, 0.1) is 17.2 Å². The number of nitrogen functional groups attached to an aromatic ring is 1. The molecule has 3 aromatic rings. The Hall–Kier alpha value is -3.81. The van der Waals surface area contributed by atoms with Crippen LogP contribution >= 0.6 is 7.75 Å². The van der Waals surface area contributed by atoms with Crippen molar-refractivity contribution in [2.24, 2.45) is 5.92 Å². The molecule has 2 aromatic heterocycles. The molecule has 2 unspecified atom stereocenters. The summed E-state index contributed by atoms with van der Waals surface area (Å²) in [5, 5.41) is 40.1. The van der Waals surface area contributed by atoms with Gasteiger partial charge >= 0.3 is 13.7 Å². The lowest BCUT2D eigenvalue weighted by molar-refractivity contribution is -0.146. The topological polar surface area (TPSA) is 216 Å². The van der Waals surface area contributed by atoms with E-state index in [-0.39, 0.29) is 29.8 Å². The Balaban J connectivity index is 1.23. The highest BCUT2D eigenvalue weighted by molar-refractivity contribution is 7.52. The number of esters is 1. The number of benzene rings is 1. The molecule has 0 bridgehead atoms. The van der Waals surface area contributed by atoms with Crippen LogP contribution < -0.4 is 20.2 Å². The molecule has 1 aliphatic carbocycles. The minimum absolute atomic E-state index is 0.104. The van der Waals surface area contributed by atoms with E-state index in [0.717, 1.165) is 18.5 Å². The third-order valence-electron chi connectivity index (χ3n) is 9.25. The number of carbonyl (C=O) groups excluding carboxylic acids is 1. The van der Waals surface area contributed by atoms with Gasteiger partial charge in [0.15, 0.2) is 11.4 Å². The fraction of sp³-hybridized carbons (Fsp3) is 0.548. The number of nitrogens with zero attached hydrogens (tertiary/aromatic N) is 5. The Labute approximate surface area is 277 Å². The van der Waals surface area contributed by atoms with E-state index < -0.39 is 49.3 Å². The molecule has 1 aromatic carbocycles. The van der Waals surface area contributed by atoms with Gasteiger partial charge in [-0.15, -0.1) is 0 Å². The van der Waals surface area contributed by atoms with Gasteiger partial charge in [-0.25, -0.2) is 14.1 Å². The molecule has 3 aliphatic rings. The standard InChI is InChI=1S/C31H40N7O9P/c1-4-20(5-2)16-44-28(39)19(3)36-48(42,46-22-8-6-21(7-9-22)37-12-14-43-15-13-37)47-26-25-31(26,41)29(40)30(17-32,45-25)24-11-10-23-27(33)34-18-35-38(23)24/h6-11,18-20,25-26,29,40-41H,4-5,12-16H2,1-3H3,(H,36,42)(H2,33,34,35)/t19-,25+,26?,29-,30-,31-,48?/m0/s1. The van der Waals surface area contributed by atoms with Gasteiger partial charge < -0.3 is 39.6 Å². The lowest BCUT2D eigenvalue weighted by Gasteiger charge is -2.31. The minimum Gasteiger partial charge on any atom is -0.464 e. The van der Waals surface area contributed by atoms with Crippen LogP contribution in [0.5, 0.6) is 5.75 Å². The van der Waals surface area contributed by atoms with Gasteiger partial charge in [-0.3, -0.25) is 9.32 Å². The second-order valence-corrected chi connectivity index (χ2v) is 13.9. The zero-order valence-electron chi connectivity index (χ0n) is 26.9. The Morgan fingerprint density at radius 3 is 2.56 bits per heavy atom.